The summed E-state index contributed by atoms with van der Waals surface area (Å²) in [4.78, 5) is 50.5. The highest BCUT2D eigenvalue weighted by Gasteiger charge is 2.36. The Morgan fingerprint density at radius 3 is 2.40 bits per heavy atom. The van der Waals surface area contributed by atoms with Crippen molar-refractivity contribution in [2.45, 2.75) is 58.3 Å². The molecule has 1 aliphatic rings. The fourth-order valence-corrected chi connectivity index (χ4v) is 3.17. The van der Waals surface area contributed by atoms with Gasteiger partial charge in [0.05, 0.1) is 0 Å². The third kappa shape index (κ3) is 6.47. The van der Waals surface area contributed by atoms with Gasteiger partial charge in [-0.2, -0.15) is 0 Å². The number of rotatable bonds is 8. The minimum absolute atomic E-state index is 0.126. The molecule has 1 aromatic rings. The van der Waals surface area contributed by atoms with Gasteiger partial charge in [0.2, 0.25) is 17.7 Å². The summed E-state index contributed by atoms with van der Waals surface area (Å²) >= 11 is 0. The highest BCUT2D eigenvalue weighted by atomic mass is 16.6. The quantitative estimate of drug-likeness (QED) is 0.581. The van der Waals surface area contributed by atoms with Crippen LogP contribution in [0.4, 0.5) is 4.79 Å². The smallest absolute Gasteiger partial charge is 0.410 e. The minimum atomic E-state index is -0.850. The highest BCUT2D eigenvalue weighted by molar-refractivity contribution is 5.93. The lowest BCUT2D eigenvalue weighted by atomic mass is 10.2. The Labute approximate surface area is 176 Å². The molecular weight excluding hydrogens is 388 g/mol. The van der Waals surface area contributed by atoms with Crippen molar-refractivity contribution in [3.63, 3.8) is 0 Å². The molecule has 0 unspecified atom stereocenters. The number of nitrogens with one attached hydrogen (secondary N) is 3. The van der Waals surface area contributed by atoms with E-state index in [1.807, 2.05) is 30.3 Å². The first kappa shape index (κ1) is 23.2. The van der Waals surface area contributed by atoms with Gasteiger partial charge in [-0.1, -0.05) is 30.3 Å². The minimum Gasteiger partial charge on any atom is -0.445 e. The standard InChI is InChI=1S/C21H30N4O5/c1-4-22-18(26)14(2)23-19(27)15(3)24-20(28)17-11-8-12-25(17)21(29)30-13-16-9-6-5-7-10-16/h5-7,9-10,14-15,17H,4,8,11-13H2,1-3H3,(H,22,26)(H,23,27)(H,24,28)/t14-,15-,17-/m0/s1. The molecule has 30 heavy (non-hydrogen) atoms. The molecule has 0 bridgehead atoms. The number of ether oxygens (including phenoxy) is 1. The summed E-state index contributed by atoms with van der Waals surface area (Å²) in [7, 11) is 0. The van der Waals surface area contributed by atoms with E-state index in [0.717, 1.165) is 5.56 Å². The molecule has 1 aromatic carbocycles. The first-order valence-corrected chi connectivity index (χ1v) is 10.2. The summed E-state index contributed by atoms with van der Waals surface area (Å²) < 4.78 is 5.33. The van der Waals surface area contributed by atoms with E-state index in [-0.39, 0.29) is 12.5 Å². The molecule has 1 aliphatic heterocycles. The van der Waals surface area contributed by atoms with Gasteiger partial charge in [-0.25, -0.2) is 4.79 Å². The van der Waals surface area contributed by atoms with Crippen molar-refractivity contribution in [3.8, 4) is 0 Å². The van der Waals surface area contributed by atoms with Crippen molar-refractivity contribution in [2.75, 3.05) is 13.1 Å². The largest absolute Gasteiger partial charge is 0.445 e. The molecule has 0 radical (unpaired) electrons. The third-order valence-electron chi connectivity index (χ3n) is 4.85. The summed E-state index contributed by atoms with van der Waals surface area (Å²) in [6, 6.07) is 7.03. The normalized spacial score (nSPS) is 17.6. The molecule has 2 rings (SSSR count). The molecule has 3 N–H and O–H groups in total. The van der Waals surface area contributed by atoms with E-state index in [0.29, 0.717) is 25.9 Å². The Morgan fingerprint density at radius 1 is 1.07 bits per heavy atom. The van der Waals surface area contributed by atoms with Gasteiger partial charge >= 0.3 is 6.09 Å². The Kier molecular flexibility index (Phi) is 8.64. The molecule has 9 nitrogen and oxygen atoms in total. The number of hydrogen-bond acceptors (Lipinski definition) is 5. The average molecular weight is 418 g/mol. The highest BCUT2D eigenvalue weighted by Crippen LogP contribution is 2.19. The van der Waals surface area contributed by atoms with Gasteiger partial charge in [-0.15, -0.1) is 0 Å². The molecule has 4 amide bonds. The molecule has 0 spiro atoms. The van der Waals surface area contributed by atoms with E-state index in [2.05, 4.69) is 16.0 Å². The van der Waals surface area contributed by atoms with E-state index in [1.54, 1.807) is 13.8 Å². The summed E-state index contributed by atoms with van der Waals surface area (Å²) in [6.07, 6.45) is 0.613. The second-order valence-corrected chi connectivity index (χ2v) is 7.25. The van der Waals surface area contributed by atoms with Crippen LogP contribution in [0.25, 0.3) is 0 Å². The van der Waals surface area contributed by atoms with Gasteiger partial charge in [-0.05, 0) is 39.2 Å². The summed E-state index contributed by atoms with van der Waals surface area (Å²) in [6.45, 7) is 5.89. The van der Waals surface area contributed by atoms with E-state index >= 15 is 0 Å². The number of likely N-dealkylation sites (N-methyl/N-ethyl adjacent to an activating group) is 1. The Morgan fingerprint density at radius 2 is 1.73 bits per heavy atom. The number of amides is 4. The molecule has 9 heteroatoms. The van der Waals surface area contributed by atoms with Crippen LogP contribution in [0.3, 0.4) is 0 Å². The zero-order chi connectivity index (χ0) is 22.1. The van der Waals surface area contributed by atoms with Crippen molar-refractivity contribution in [1.82, 2.24) is 20.9 Å². The van der Waals surface area contributed by atoms with E-state index in [9.17, 15) is 19.2 Å². The van der Waals surface area contributed by atoms with Gasteiger partial charge in [0, 0.05) is 13.1 Å². The molecule has 0 aliphatic carbocycles. The SMILES string of the molecule is CCNC(=O)[C@H](C)NC(=O)[C@H](C)NC(=O)[C@@H]1CCCN1C(=O)OCc1ccccc1. The lowest BCUT2D eigenvalue weighted by Gasteiger charge is -2.25. The van der Waals surface area contributed by atoms with Crippen LogP contribution < -0.4 is 16.0 Å². The molecular formula is C21H30N4O5. The lowest BCUT2D eigenvalue weighted by molar-refractivity contribution is -0.132. The Hall–Kier alpha value is -3.10. The second-order valence-electron chi connectivity index (χ2n) is 7.25. The van der Waals surface area contributed by atoms with Crippen LogP contribution in [-0.4, -0.2) is 59.9 Å². The maximum absolute atomic E-state index is 12.7. The predicted octanol–water partition coefficient (Wildman–Crippen LogP) is 0.933. The number of nitrogens with zero attached hydrogens (tertiary/aromatic N) is 1. The van der Waals surface area contributed by atoms with E-state index in [4.69, 9.17) is 4.74 Å². The number of carbonyl (C=O) groups excluding carboxylic acids is 4. The van der Waals surface area contributed by atoms with Crippen LogP contribution in [0.2, 0.25) is 0 Å². The molecule has 1 heterocycles. The topological polar surface area (TPSA) is 117 Å². The van der Waals surface area contributed by atoms with Crippen LogP contribution in [-0.2, 0) is 25.7 Å². The molecule has 0 aromatic heterocycles. The zero-order valence-electron chi connectivity index (χ0n) is 17.6. The summed E-state index contributed by atoms with van der Waals surface area (Å²) in [5.41, 5.74) is 0.859. The van der Waals surface area contributed by atoms with Gasteiger partial charge in [-0.3, -0.25) is 19.3 Å². The fourth-order valence-electron chi connectivity index (χ4n) is 3.17. The van der Waals surface area contributed by atoms with Crippen LogP contribution in [0.1, 0.15) is 39.2 Å². The van der Waals surface area contributed by atoms with Crippen LogP contribution >= 0.6 is 0 Å². The lowest BCUT2D eigenvalue weighted by Crippen LogP contribution is -2.54. The van der Waals surface area contributed by atoms with Crippen molar-refractivity contribution in [1.29, 1.82) is 0 Å². The Balaban J connectivity index is 1.86. The van der Waals surface area contributed by atoms with E-state index in [1.165, 1.54) is 11.8 Å². The van der Waals surface area contributed by atoms with Crippen molar-refractivity contribution in [2.24, 2.45) is 0 Å². The Bertz CT molecular complexity index is 755. The fraction of sp³-hybridized carbons (Fsp3) is 0.524. The van der Waals surface area contributed by atoms with Crippen LogP contribution in [0.15, 0.2) is 30.3 Å². The number of benzene rings is 1. The maximum Gasteiger partial charge on any atom is 0.410 e. The monoisotopic (exact) mass is 418 g/mol. The molecule has 164 valence electrons. The van der Waals surface area contributed by atoms with Gasteiger partial charge in [0.25, 0.3) is 0 Å². The predicted molar refractivity (Wildman–Crippen MR) is 110 cm³/mol. The van der Waals surface area contributed by atoms with Gasteiger partial charge in [0.1, 0.15) is 24.7 Å². The first-order chi connectivity index (χ1) is 14.3. The number of carbonyl (C=O) groups is 4. The number of likely N-dealkylation sites (tertiary alicyclic amines) is 1. The zero-order valence-corrected chi connectivity index (χ0v) is 17.6. The van der Waals surface area contributed by atoms with Gasteiger partial charge in [0.15, 0.2) is 0 Å². The van der Waals surface area contributed by atoms with E-state index < -0.39 is 36.0 Å². The average Bonchev–Trinajstić information content (AvgIpc) is 3.23. The maximum atomic E-state index is 12.7. The summed E-state index contributed by atoms with van der Waals surface area (Å²) in [5, 5.41) is 7.80. The first-order valence-electron chi connectivity index (χ1n) is 10.2. The summed E-state index contributed by atoms with van der Waals surface area (Å²) in [5.74, 6) is -1.19. The van der Waals surface area contributed by atoms with Crippen molar-refractivity contribution in [3.05, 3.63) is 35.9 Å². The third-order valence-corrected chi connectivity index (χ3v) is 4.85. The molecule has 0 saturated carbocycles. The molecule has 1 fully saturated rings. The molecule has 1 saturated heterocycles. The van der Waals surface area contributed by atoms with Crippen LogP contribution in [0.5, 0.6) is 0 Å². The van der Waals surface area contributed by atoms with Gasteiger partial charge < -0.3 is 20.7 Å². The number of hydrogen-bond donors (Lipinski definition) is 3. The van der Waals surface area contributed by atoms with Crippen LogP contribution in [0, 0.1) is 0 Å². The molecule has 3 atom stereocenters. The van der Waals surface area contributed by atoms with Crippen molar-refractivity contribution >= 4 is 23.8 Å². The van der Waals surface area contributed by atoms with Crippen molar-refractivity contribution < 1.29 is 23.9 Å². The second kappa shape index (κ2) is 11.2.